The van der Waals surface area contributed by atoms with Gasteiger partial charge in [0.2, 0.25) is 0 Å². The van der Waals surface area contributed by atoms with Crippen LogP contribution in [0.3, 0.4) is 0 Å². The number of methoxy groups -OCH3 is 1. The summed E-state index contributed by atoms with van der Waals surface area (Å²) in [5.74, 6) is 0.483. The maximum atomic E-state index is 12.8. The van der Waals surface area contributed by atoms with Gasteiger partial charge in [-0.15, -0.1) is 0 Å². The Morgan fingerprint density at radius 2 is 1.78 bits per heavy atom. The summed E-state index contributed by atoms with van der Waals surface area (Å²) >= 11 is 9.43. The first-order chi connectivity index (χ1) is 17.8. The fraction of sp³-hybridized carbons (Fsp3) is 0.250. The van der Waals surface area contributed by atoms with Gasteiger partial charge >= 0.3 is 0 Å². The lowest BCUT2D eigenvalue weighted by Crippen LogP contribution is -2.46. The number of hydrogen-bond acceptors (Lipinski definition) is 5. The molecule has 2 amide bonds. The largest absolute Gasteiger partial charge is 0.493 e. The van der Waals surface area contributed by atoms with Gasteiger partial charge in [-0.2, -0.15) is 5.10 Å². The van der Waals surface area contributed by atoms with Crippen LogP contribution in [0.2, 0.25) is 5.02 Å². The number of carbonyl (C=O) groups is 2. The van der Waals surface area contributed by atoms with E-state index >= 15 is 0 Å². The first kappa shape index (κ1) is 28.2. The SMILES string of the molecule is COc1cc(C=NNC(=O)C(CC(C)C)NC(=O)c2ccc(Cl)cc2)cc(Br)c1OCc1ccccc1. The van der Waals surface area contributed by atoms with Crippen LogP contribution in [-0.4, -0.2) is 31.2 Å². The lowest BCUT2D eigenvalue weighted by Gasteiger charge is -2.19. The summed E-state index contributed by atoms with van der Waals surface area (Å²) in [6.45, 7) is 4.34. The minimum Gasteiger partial charge on any atom is -0.493 e. The molecule has 0 aliphatic rings. The minimum atomic E-state index is -0.754. The van der Waals surface area contributed by atoms with Crippen LogP contribution in [0.25, 0.3) is 0 Å². The van der Waals surface area contributed by atoms with Crippen LogP contribution >= 0.6 is 27.5 Å². The van der Waals surface area contributed by atoms with Crippen LogP contribution in [-0.2, 0) is 11.4 Å². The molecule has 3 rings (SSSR count). The molecule has 3 aromatic carbocycles. The number of ether oxygens (including phenoxy) is 2. The van der Waals surface area contributed by atoms with Crippen molar-refractivity contribution < 1.29 is 19.1 Å². The summed E-state index contributed by atoms with van der Waals surface area (Å²) in [5, 5.41) is 7.40. The molecule has 0 saturated heterocycles. The van der Waals surface area contributed by atoms with E-state index < -0.39 is 11.9 Å². The molecular formula is C28H29BrClN3O4. The molecule has 0 aliphatic heterocycles. The Bertz CT molecular complexity index is 1230. The quantitative estimate of drug-likeness (QED) is 0.214. The molecule has 37 heavy (non-hydrogen) atoms. The van der Waals surface area contributed by atoms with E-state index in [1.807, 2.05) is 50.2 Å². The number of nitrogens with zero attached hydrogens (tertiary/aromatic N) is 1. The van der Waals surface area contributed by atoms with Gasteiger partial charge in [0.05, 0.1) is 17.8 Å². The number of carbonyl (C=O) groups excluding carboxylic acids is 2. The van der Waals surface area contributed by atoms with Gasteiger partial charge in [0.1, 0.15) is 12.6 Å². The van der Waals surface area contributed by atoms with Gasteiger partial charge in [0.25, 0.3) is 11.8 Å². The Morgan fingerprint density at radius 1 is 1.08 bits per heavy atom. The van der Waals surface area contributed by atoms with Crippen LogP contribution in [0, 0.1) is 5.92 Å². The van der Waals surface area contributed by atoms with Crippen molar-refractivity contribution in [3.05, 3.63) is 92.9 Å². The predicted molar refractivity (Wildman–Crippen MR) is 149 cm³/mol. The second-order valence-corrected chi connectivity index (χ2v) is 10.00. The monoisotopic (exact) mass is 585 g/mol. The molecule has 1 atom stereocenters. The zero-order valence-corrected chi connectivity index (χ0v) is 23.2. The molecule has 9 heteroatoms. The molecule has 0 fully saturated rings. The molecule has 0 saturated carbocycles. The van der Waals surface area contributed by atoms with Gasteiger partial charge < -0.3 is 14.8 Å². The first-order valence-corrected chi connectivity index (χ1v) is 12.9. The van der Waals surface area contributed by atoms with E-state index in [4.69, 9.17) is 21.1 Å². The molecule has 194 valence electrons. The van der Waals surface area contributed by atoms with Crippen molar-refractivity contribution >= 4 is 45.6 Å². The van der Waals surface area contributed by atoms with Gasteiger partial charge in [-0.3, -0.25) is 9.59 Å². The summed E-state index contributed by atoms with van der Waals surface area (Å²) in [5.41, 5.74) is 4.66. The highest BCUT2D eigenvalue weighted by Gasteiger charge is 2.22. The molecule has 0 spiro atoms. The van der Waals surface area contributed by atoms with E-state index in [0.29, 0.717) is 45.1 Å². The summed E-state index contributed by atoms with van der Waals surface area (Å²) in [7, 11) is 1.56. The van der Waals surface area contributed by atoms with Crippen LogP contribution in [0.15, 0.2) is 76.3 Å². The number of halogens is 2. The number of benzene rings is 3. The Morgan fingerprint density at radius 3 is 2.43 bits per heavy atom. The topological polar surface area (TPSA) is 89.0 Å². The first-order valence-electron chi connectivity index (χ1n) is 11.7. The maximum Gasteiger partial charge on any atom is 0.262 e. The highest BCUT2D eigenvalue weighted by molar-refractivity contribution is 9.10. The van der Waals surface area contributed by atoms with Crippen LogP contribution in [0.1, 0.15) is 41.8 Å². The van der Waals surface area contributed by atoms with E-state index in [0.717, 1.165) is 5.56 Å². The zero-order valence-electron chi connectivity index (χ0n) is 20.8. The predicted octanol–water partition coefficient (Wildman–Crippen LogP) is 5.98. The lowest BCUT2D eigenvalue weighted by molar-refractivity contribution is -0.123. The van der Waals surface area contributed by atoms with Gasteiger partial charge in [-0.25, -0.2) is 5.43 Å². The Hall–Kier alpha value is -3.36. The third kappa shape index (κ3) is 8.61. The van der Waals surface area contributed by atoms with Gasteiger partial charge in [0, 0.05) is 10.6 Å². The second kappa shape index (κ2) is 13.8. The summed E-state index contributed by atoms with van der Waals surface area (Å²) in [6, 6.07) is 19.1. The molecule has 1 unspecified atom stereocenters. The average Bonchev–Trinajstić information content (AvgIpc) is 2.88. The summed E-state index contributed by atoms with van der Waals surface area (Å²) in [4.78, 5) is 25.5. The van der Waals surface area contributed by atoms with Crippen molar-refractivity contribution in [1.29, 1.82) is 0 Å². The molecule has 2 N–H and O–H groups in total. The molecular weight excluding hydrogens is 558 g/mol. The van der Waals surface area contributed by atoms with Gasteiger partial charge in [-0.05, 0) is 75.8 Å². The fourth-order valence-electron chi connectivity index (χ4n) is 3.48. The second-order valence-electron chi connectivity index (χ2n) is 8.71. The highest BCUT2D eigenvalue weighted by atomic mass is 79.9. The molecule has 0 aromatic heterocycles. The van der Waals surface area contributed by atoms with Gasteiger partial charge in [0.15, 0.2) is 11.5 Å². The van der Waals surface area contributed by atoms with Crippen molar-refractivity contribution in [3.63, 3.8) is 0 Å². The van der Waals surface area contributed by atoms with Gasteiger partial charge in [-0.1, -0.05) is 55.8 Å². The third-order valence-corrected chi connectivity index (χ3v) is 6.14. The lowest BCUT2D eigenvalue weighted by atomic mass is 10.0. The average molecular weight is 587 g/mol. The van der Waals surface area contributed by atoms with Crippen molar-refractivity contribution in [2.75, 3.05) is 7.11 Å². The van der Waals surface area contributed by atoms with E-state index in [-0.39, 0.29) is 11.8 Å². The van der Waals surface area contributed by atoms with Crippen LogP contribution < -0.4 is 20.2 Å². The number of nitrogens with one attached hydrogen (secondary N) is 2. The van der Waals surface area contributed by atoms with Crippen LogP contribution in [0.4, 0.5) is 0 Å². The normalized spacial score (nSPS) is 11.8. The smallest absolute Gasteiger partial charge is 0.262 e. The van der Waals surface area contributed by atoms with E-state index in [2.05, 4.69) is 31.8 Å². The van der Waals surface area contributed by atoms with Crippen molar-refractivity contribution in [1.82, 2.24) is 10.7 Å². The molecule has 0 heterocycles. The van der Waals surface area contributed by atoms with E-state index in [1.54, 1.807) is 37.4 Å². The minimum absolute atomic E-state index is 0.175. The zero-order chi connectivity index (χ0) is 26.8. The van der Waals surface area contributed by atoms with Crippen molar-refractivity contribution in [2.24, 2.45) is 11.0 Å². The highest BCUT2D eigenvalue weighted by Crippen LogP contribution is 2.36. The molecule has 0 bridgehead atoms. The Labute approximate surface area is 230 Å². The molecule has 3 aromatic rings. The van der Waals surface area contributed by atoms with E-state index in [1.165, 1.54) is 6.21 Å². The number of amides is 2. The van der Waals surface area contributed by atoms with E-state index in [9.17, 15) is 9.59 Å². The number of hydrazone groups is 1. The van der Waals surface area contributed by atoms with Crippen molar-refractivity contribution in [2.45, 2.75) is 32.9 Å². The maximum absolute atomic E-state index is 12.8. The summed E-state index contributed by atoms with van der Waals surface area (Å²) in [6.07, 6.45) is 1.95. The molecule has 0 aliphatic carbocycles. The van der Waals surface area contributed by atoms with Crippen LogP contribution in [0.5, 0.6) is 11.5 Å². The standard InChI is InChI=1S/C28H29BrClN3O4/c1-18(2)13-24(32-27(34)21-9-11-22(30)12-10-21)28(35)33-31-16-20-14-23(29)26(25(15-20)36-3)37-17-19-7-5-4-6-8-19/h4-12,14-16,18,24H,13,17H2,1-3H3,(H,32,34)(H,33,35). The number of rotatable bonds is 11. The molecule has 0 radical (unpaired) electrons. The Kier molecular flexibility index (Phi) is 10.5. The Balaban J connectivity index is 1.66. The summed E-state index contributed by atoms with van der Waals surface area (Å²) < 4.78 is 12.1. The van der Waals surface area contributed by atoms with Crippen molar-refractivity contribution in [3.8, 4) is 11.5 Å². The fourth-order valence-corrected chi connectivity index (χ4v) is 4.18. The third-order valence-electron chi connectivity index (χ3n) is 5.30. The molecule has 7 nitrogen and oxygen atoms in total. The number of hydrogen-bond donors (Lipinski definition) is 2.